The highest BCUT2D eigenvalue weighted by molar-refractivity contribution is 14.1. The van der Waals surface area contributed by atoms with Gasteiger partial charge < -0.3 is 10.1 Å². The lowest BCUT2D eigenvalue weighted by Gasteiger charge is -2.26. The van der Waals surface area contributed by atoms with Crippen molar-refractivity contribution in [2.45, 2.75) is 12.5 Å². The summed E-state index contributed by atoms with van der Waals surface area (Å²) >= 11 is 2.33. The Morgan fingerprint density at radius 1 is 1.16 bits per heavy atom. The van der Waals surface area contributed by atoms with Crippen LogP contribution < -0.4 is 5.32 Å². The van der Waals surface area contributed by atoms with Crippen LogP contribution in [0.4, 0.5) is 5.69 Å². The van der Waals surface area contributed by atoms with E-state index in [0.717, 1.165) is 25.3 Å². The number of anilines is 1. The third kappa shape index (κ3) is 3.09. The summed E-state index contributed by atoms with van der Waals surface area (Å²) in [6, 6.07) is 17.0. The summed E-state index contributed by atoms with van der Waals surface area (Å²) in [5.41, 5.74) is 3.90. The van der Waals surface area contributed by atoms with Crippen LogP contribution >= 0.6 is 22.6 Å². The fraction of sp³-hybridized carbons (Fsp3) is 0.250. The topological polar surface area (TPSA) is 21.3 Å². The molecule has 2 aromatic carbocycles. The van der Waals surface area contributed by atoms with Crippen LogP contribution in [0.3, 0.4) is 0 Å². The summed E-state index contributed by atoms with van der Waals surface area (Å²) in [4.78, 5) is 0. The number of rotatable bonds is 3. The largest absolute Gasteiger partial charge is 0.382 e. The maximum atomic E-state index is 5.89. The standard InChI is InChI=1S/C16H16INO/c17-13-5-3-6-14(10-13)18-11-16-15-7-2-1-4-12(15)8-9-19-16/h1-7,10,16,18H,8-9,11H2. The van der Waals surface area contributed by atoms with Crippen LogP contribution in [-0.4, -0.2) is 13.2 Å². The van der Waals surface area contributed by atoms with Crippen molar-refractivity contribution in [2.24, 2.45) is 0 Å². The molecule has 0 aliphatic carbocycles. The first-order valence-corrected chi connectivity index (χ1v) is 7.59. The average molecular weight is 365 g/mol. The van der Waals surface area contributed by atoms with Gasteiger partial charge in [0.05, 0.1) is 12.7 Å². The van der Waals surface area contributed by atoms with Gasteiger partial charge in [-0.2, -0.15) is 0 Å². The molecule has 0 saturated heterocycles. The van der Waals surface area contributed by atoms with Crippen molar-refractivity contribution < 1.29 is 4.74 Å². The molecular weight excluding hydrogens is 349 g/mol. The number of ether oxygens (including phenoxy) is 1. The highest BCUT2D eigenvalue weighted by atomic mass is 127. The average Bonchev–Trinajstić information content (AvgIpc) is 2.45. The molecule has 2 nitrogen and oxygen atoms in total. The Hall–Kier alpha value is -1.07. The molecule has 98 valence electrons. The lowest BCUT2D eigenvalue weighted by Crippen LogP contribution is -2.22. The molecule has 0 amide bonds. The highest BCUT2D eigenvalue weighted by Crippen LogP contribution is 2.27. The van der Waals surface area contributed by atoms with Crippen molar-refractivity contribution in [3.63, 3.8) is 0 Å². The number of nitrogens with one attached hydrogen (secondary N) is 1. The van der Waals surface area contributed by atoms with Crippen molar-refractivity contribution in [3.8, 4) is 0 Å². The molecule has 1 aliphatic rings. The fourth-order valence-corrected chi connectivity index (χ4v) is 3.00. The molecule has 1 unspecified atom stereocenters. The van der Waals surface area contributed by atoms with Gasteiger partial charge in [-0.05, 0) is 58.3 Å². The van der Waals surface area contributed by atoms with Gasteiger partial charge >= 0.3 is 0 Å². The zero-order valence-electron chi connectivity index (χ0n) is 10.6. The smallest absolute Gasteiger partial charge is 0.0999 e. The fourth-order valence-electron chi connectivity index (χ4n) is 2.45. The molecule has 0 radical (unpaired) electrons. The van der Waals surface area contributed by atoms with E-state index in [1.807, 2.05) is 0 Å². The number of benzene rings is 2. The lowest BCUT2D eigenvalue weighted by molar-refractivity contribution is 0.0513. The lowest BCUT2D eigenvalue weighted by atomic mass is 9.97. The van der Waals surface area contributed by atoms with Gasteiger partial charge in [-0.3, -0.25) is 0 Å². The SMILES string of the molecule is Ic1cccc(NCC2OCCc3ccccc32)c1. The normalized spacial score (nSPS) is 17.8. The van der Waals surface area contributed by atoms with Crippen LogP contribution in [0.25, 0.3) is 0 Å². The van der Waals surface area contributed by atoms with E-state index in [-0.39, 0.29) is 6.10 Å². The molecule has 1 N–H and O–H groups in total. The second kappa shape index (κ2) is 5.92. The van der Waals surface area contributed by atoms with Crippen molar-refractivity contribution in [1.82, 2.24) is 0 Å². The molecule has 19 heavy (non-hydrogen) atoms. The molecule has 3 rings (SSSR count). The van der Waals surface area contributed by atoms with E-state index in [2.05, 4.69) is 76.4 Å². The van der Waals surface area contributed by atoms with E-state index in [4.69, 9.17) is 4.74 Å². The van der Waals surface area contributed by atoms with Gasteiger partial charge in [0, 0.05) is 15.8 Å². The third-order valence-electron chi connectivity index (χ3n) is 3.41. The highest BCUT2D eigenvalue weighted by Gasteiger charge is 2.19. The van der Waals surface area contributed by atoms with Gasteiger partial charge in [-0.25, -0.2) is 0 Å². The summed E-state index contributed by atoms with van der Waals surface area (Å²) in [5.74, 6) is 0. The molecule has 1 atom stereocenters. The maximum absolute atomic E-state index is 5.89. The first-order chi connectivity index (χ1) is 9.33. The number of fused-ring (bicyclic) bond motifs is 1. The number of hydrogen-bond acceptors (Lipinski definition) is 2. The summed E-state index contributed by atoms with van der Waals surface area (Å²) < 4.78 is 7.14. The summed E-state index contributed by atoms with van der Waals surface area (Å²) in [7, 11) is 0. The summed E-state index contributed by atoms with van der Waals surface area (Å²) in [6.45, 7) is 1.63. The zero-order chi connectivity index (χ0) is 13.1. The van der Waals surface area contributed by atoms with Crippen LogP contribution in [0.1, 0.15) is 17.2 Å². The predicted molar refractivity (Wildman–Crippen MR) is 86.5 cm³/mol. The second-order valence-electron chi connectivity index (χ2n) is 4.70. The van der Waals surface area contributed by atoms with Gasteiger partial charge in [0.1, 0.15) is 0 Å². The van der Waals surface area contributed by atoms with Gasteiger partial charge in [0.25, 0.3) is 0 Å². The molecule has 1 aliphatic heterocycles. The van der Waals surface area contributed by atoms with Gasteiger partial charge in [-0.1, -0.05) is 30.3 Å². The minimum Gasteiger partial charge on any atom is -0.382 e. The van der Waals surface area contributed by atoms with Gasteiger partial charge in [0.2, 0.25) is 0 Å². The van der Waals surface area contributed by atoms with Crippen LogP contribution in [0.2, 0.25) is 0 Å². The Kier molecular flexibility index (Phi) is 4.03. The second-order valence-corrected chi connectivity index (χ2v) is 5.95. The molecular formula is C16H16INO. The van der Waals surface area contributed by atoms with Crippen LogP contribution in [0.5, 0.6) is 0 Å². The van der Waals surface area contributed by atoms with Crippen LogP contribution in [0, 0.1) is 3.57 Å². The Labute approximate surface area is 127 Å². The molecule has 2 aromatic rings. The van der Waals surface area contributed by atoms with Crippen molar-refractivity contribution >= 4 is 28.3 Å². The first kappa shape index (κ1) is 12.9. The molecule has 0 aromatic heterocycles. The Morgan fingerprint density at radius 2 is 2.05 bits per heavy atom. The minimum atomic E-state index is 0.155. The molecule has 0 saturated carbocycles. The Bertz CT molecular complexity index is 570. The number of hydrogen-bond donors (Lipinski definition) is 1. The van der Waals surface area contributed by atoms with E-state index in [0.29, 0.717) is 0 Å². The first-order valence-electron chi connectivity index (χ1n) is 6.52. The monoisotopic (exact) mass is 365 g/mol. The van der Waals surface area contributed by atoms with E-state index in [9.17, 15) is 0 Å². The van der Waals surface area contributed by atoms with Crippen LogP contribution in [0.15, 0.2) is 48.5 Å². The summed E-state index contributed by atoms with van der Waals surface area (Å²) in [5, 5.41) is 3.47. The summed E-state index contributed by atoms with van der Waals surface area (Å²) in [6.07, 6.45) is 1.18. The quantitative estimate of drug-likeness (QED) is 0.830. The molecule has 3 heteroatoms. The predicted octanol–water partition coefficient (Wildman–Crippen LogP) is 4.02. The Morgan fingerprint density at radius 3 is 2.95 bits per heavy atom. The minimum absolute atomic E-state index is 0.155. The number of halogens is 1. The third-order valence-corrected chi connectivity index (χ3v) is 4.08. The molecule has 0 bridgehead atoms. The molecule has 1 heterocycles. The van der Waals surface area contributed by atoms with E-state index in [1.165, 1.54) is 14.7 Å². The van der Waals surface area contributed by atoms with E-state index >= 15 is 0 Å². The Balaban J connectivity index is 1.71. The van der Waals surface area contributed by atoms with Crippen molar-refractivity contribution in [2.75, 3.05) is 18.5 Å². The molecule has 0 spiro atoms. The van der Waals surface area contributed by atoms with Gasteiger partial charge in [-0.15, -0.1) is 0 Å². The van der Waals surface area contributed by atoms with Crippen LogP contribution in [-0.2, 0) is 11.2 Å². The zero-order valence-corrected chi connectivity index (χ0v) is 12.8. The maximum Gasteiger partial charge on any atom is 0.0999 e. The van der Waals surface area contributed by atoms with Crippen molar-refractivity contribution in [3.05, 3.63) is 63.2 Å². The van der Waals surface area contributed by atoms with E-state index < -0.39 is 0 Å². The van der Waals surface area contributed by atoms with Gasteiger partial charge in [0.15, 0.2) is 0 Å². The van der Waals surface area contributed by atoms with E-state index in [1.54, 1.807) is 0 Å². The molecule has 0 fully saturated rings. The van der Waals surface area contributed by atoms with Crippen molar-refractivity contribution in [1.29, 1.82) is 0 Å².